The van der Waals surface area contributed by atoms with Crippen LogP contribution in [0.15, 0.2) is 41.1 Å². The first-order chi connectivity index (χ1) is 11.7. The minimum Gasteiger partial charge on any atom is -0.334 e. The summed E-state index contributed by atoms with van der Waals surface area (Å²) in [5.74, 6) is 0.0992. The van der Waals surface area contributed by atoms with Crippen LogP contribution < -0.4 is 4.90 Å². The molecule has 2 aromatic rings. The van der Waals surface area contributed by atoms with E-state index in [1.165, 1.54) is 5.56 Å². The number of amides is 2. The van der Waals surface area contributed by atoms with Crippen LogP contribution in [0, 0.1) is 0 Å². The predicted octanol–water partition coefficient (Wildman–Crippen LogP) is 3.39. The van der Waals surface area contributed by atoms with E-state index in [0.717, 1.165) is 37.1 Å². The lowest BCUT2D eigenvalue weighted by Gasteiger charge is -2.32. The average molecular weight is 340 g/mol. The maximum Gasteiger partial charge on any atom is 0.243 e. The largest absolute Gasteiger partial charge is 0.334 e. The Kier molecular flexibility index (Phi) is 4.10. The monoisotopic (exact) mass is 340 g/mol. The molecule has 3 heterocycles. The number of hydrogen-bond donors (Lipinski definition) is 0. The number of benzene rings is 1. The Labute approximate surface area is 145 Å². The summed E-state index contributed by atoms with van der Waals surface area (Å²) in [6.45, 7) is 0.930. The van der Waals surface area contributed by atoms with E-state index >= 15 is 0 Å². The molecule has 1 aromatic carbocycles. The first-order valence-corrected chi connectivity index (χ1v) is 9.38. The van der Waals surface area contributed by atoms with Gasteiger partial charge in [-0.2, -0.15) is 11.3 Å². The van der Waals surface area contributed by atoms with Gasteiger partial charge < -0.3 is 9.80 Å². The molecule has 0 spiro atoms. The standard InChI is InChI=1S/C19H20N2O2S/c22-18-8-7-14-4-1-2-5-16(14)21(18)12-19(23)20-10-3-6-17(20)15-9-11-24-13-15/h1-2,4-5,9,11,13,17H,3,6-8,10,12H2/t17-/m0/s1. The number of likely N-dealkylation sites (tertiary alicyclic amines) is 1. The number of rotatable bonds is 3. The minimum atomic E-state index is 0.0494. The van der Waals surface area contributed by atoms with Crippen molar-refractivity contribution in [2.45, 2.75) is 31.7 Å². The van der Waals surface area contributed by atoms with Crippen LogP contribution in [0.3, 0.4) is 0 Å². The van der Waals surface area contributed by atoms with E-state index in [1.54, 1.807) is 16.2 Å². The van der Waals surface area contributed by atoms with Crippen LogP contribution in [0.25, 0.3) is 0 Å². The highest BCUT2D eigenvalue weighted by Crippen LogP contribution is 2.34. The fourth-order valence-electron chi connectivity index (χ4n) is 3.77. The minimum absolute atomic E-state index is 0.0494. The molecule has 0 saturated carbocycles. The second kappa shape index (κ2) is 6.40. The summed E-state index contributed by atoms with van der Waals surface area (Å²) >= 11 is 1.66. The van der Waals surface area contributed by atoms with Gasteiger partial charge in [0.05, 0.1) is 6.04 Å². The molecule has 1 fully saturated rings. The quantitative estimate of drug-likeness (QED) is 0.859. The zero-order valence-corrected chi connectivity index (χ0v) is 14.3. The number of hydrogen-bond acceptors (Lipinski definition) is 3. The Morgan fingerprint density at radius 3 is 2.92 bits per heavy atom. The van der Waals surface area contributed by atoms with Gasteiger partial charge in [-0.05, 0) is 53.3 Å². The summed E-state index contributed by atoms with van der Waals surface area (Å²) < 4.78 is 0. The van der Waals surface area contributed by atoms with Crippen molar-refractivity contribution in [3.05, 3.63) is 52.2 Å². The fourth-order valence-corrected chi connectivity index (χ4v) is 4.48. The van der Waals surface area contributed by atoms with E-state index in [2.05, 4.69) is 16.8 Å². The highest BCUT2D eigenvalue weighted by molar-refractivity contribution is 7.08. The smallest absolute Gasteiger partial charge is 0.243 e. The summed E-state index contributed by atoms with van der Waals surface area (Å²) in [4.78, 5) is 28.9. The van der Waals surface area contributed by atoms with Crippen LogP contribution in [0.1, 0.15) is 36.4 Å². The molecule has 0 unspecified atom stereocenters. The van der Waals surface area contributed by atoms with Gasteiger partial charge in [-0.15, -0.1) is 0 Å². The summed E-state index contributed by atoms with van der Waals surface area (Å²) in [7, 11) is 0. The third-order valence-corrected chi connectivity index (χ3v) is 5.69. The summed E-state index contributed by atoms with van der Waals surface area (Å²) in [5.41, 5.74) is 3.27. The number of aryl methyl sites for hydroxylation is 1. The van der Waals surface area contributed by atoms with Gasteiger partial charge in [0.2, 0.25) is 11.8 Å². The highest BCUT2D eigenvalue weighted by atomic mass is 32.1. The number of para-hydroxylation sites is 1. The van der Waals surface area contributed by atoms with Crippen molar-refractivity contribution in [2.75, 3.05) is 18.0 Å². The molecule has 0 aliphatic carbocycles. The Bertz CT molecular complexity index is 756. The molecular formula is C19H20N2O2S. The van der Waals surface area contributed by atoms with E-state index in [4.69, 9.17) is 0 Å². The maximum atomic E-state index is 12.9. The van der Waals surface area contributed by atoms with Crippen molar-refractivity contribution in [2.24, 2.45) is 0 Å². The van der Waals surface area contributed by atoms with Gasteiger partial charge in [0.25, 0.3) is 0 Å². The van der Waals surface area contributed by atoms with Crippen molar-refractivity contribution < 1.29 is 9.59 Å². The number of anilines is 1. The molecule has 5 heteroatoms. The zero-order valence-electron chi connectivity index (χ0n) is 13.5. The van der Waals surface area contributed by atoms with Crippen molar-refractivity contribution in [1.29, 1.82) is 0 Å². The van der Waals surface area contributed by atoms with Crippen LogP contribution in [0.5, 0.6) is 0 Å². The Hall–Kier alpha value is -2.14. The SMILES string of the molecule is O=C1CCc2ccccc2N1CC(=O)N1CCC[C@H]1c1ccsc1. The maximum absolute atomic E-state index is 12.9. The molecule has 4 rings (SSSR count). The molecule has 0 N–H and O–H groups in total. The lowest BCUT2D eigenvalue weighted by atomic mass is 10.0. The third-order valence-electron chi connectivity index (χ3n) is 4.99. The van der Waals surface area contributed by atoms with Gasteiger partial charge in [-0.25, -0.2) is 0 Å². The van der Waals surface area contributed by atoms with Crippen LogP contribution in [-0.4, -0.2) is 29.8 Å². The molecule has 0 radical (unpaired) electrons. The molecule has 124 valence electrons. The van der Waals surface area contributed by atoms with Gasteiger partial charge in [-0.1, -0.05) is 18.2 Å². The number of nitrogens with zero attached hydrogens (tertiary/aromatic N) is 2. The van der Waals surface area contributed by atoms with E-state index in [9.17, 15) is 9.59 Å². The molecule has 1 aromatic heterocycles. The lowest BCUT2D eigenvalue weighted by Crippen LogP contribution is -2.44. The molecule has 0 bridgehead atoms. The Balaban J connectivity index is 1.55. The van der Waals surface area contributed by atoms with Gasteiger partial charge >= 0.3 is 0 Å². The summed E-state index contributed by atoms with van der Waals surface area (Å²) in [5, 5.41) is 4.18. The van der Waals surface area contributed by atoms with E-state index in [0.29, 0.717) is 6.42 Å². The van der Waals surface area contributed by atoms with Crippen LogP contribution in [-0.2, 0) is 16.0 Å². The Morgan fingerprint density at radius 1 is 1.21 bits per heavy atom. The van der Waals surface area contributed by atoms with Crippen LogP contribution in [0.2, 0.25) is 0 Å². The number of carbonyl (C=O) groups is 2. The number of carbonyl (C=O) groups excluding carboxylic acids is 2. The van der Waals surface area contributed by atoms with Crippen molar-refractivity contribution in [3.8, 4) is 0 Å². The van der Waals surface area contributed by atoms with Gasteiger partial charge in [0.1, 0.15) is 6.54 Å². The van der Waals surface area contributed by atoms with Gasteiger partial charge in [-0.3, -0.25) is 9.59 Å². The lowest BCUT2D eigenvalue weighted by molar-refractivity contribution is -0.132. The normalized spacial score (nSPS) is 20.3. The first-order valence-electron chi connectivity index (χ1n) is 8.44. The first kappa shape index (κ1) is 15.4. The van der Waals surface area contributed by atoms with E-state index in [1.807, 2.05) is 29.2 Å². The molecule has 1 atom stereocenters. The molecule has 2 aliphatic heterocycles. The predicted molar refractivity (Wildman–Crippen MR) is 95.1 cm³/mol. The molecule has 4 nitrogen and oxygen atoms in total. The zero-order chi connectivity index (χ0) is 16.5. The topological polar surface area (TPSA) is 40.6 Å². The number of fused-ring (bicyclic) bond motifs is 1. The van der Waals surface area contributed by atoms with Crippen LogP contribution >= 0.6 is 11.3 Å². The third kappa shape index (κ3) is 2.73. The Morgan fingerprint density at radius 2 is 2.08 bits per heavy atom. The van der Waals surface area contributed by atoms with Crippen molar-refractivity contribution in [1.82, 2.24) is 4.90 Å². The highest BCUT2D eigenvalue weighted by Gasteiger charge is 2.33. The van der Waals surface area contributed by atoms with Crippen molar-refractivity contribution in [3.63, 3.8) is 0 Å². The second-order valence-corrected chi connectivity index (χ2v) is 7.19. The van der Waals surface area contributed by atoms with Crippen molar-refractivity contribution >= 4 is 28.8 Å². The molecule has 2 amide bonds. The summed E-state index contributed by atoms with van der Waals surface area (Å²) in [6.07, 6.45) is 3.28. The number of thiophene rings is 1. The summed E-state index contributed by atoms with van der Waals surface area (Å²) in [6, 6.07) is 10.2. The second-order valence-electron chi connectivity index (χ2n) is 6.41. The molecule has 1 saturated heterocycles. The van der Waals surface area contributed by atoms with Gasteiger partial charge in [0.15, 0.2) is 0 Å². The van der Waals surface area contributed by atoms with Gasteiger partial charge in [0, 0.05) is 18.7 Å². The molecule has 24 heavy (non-hydrogen) atoms. The van der Waals surface area contributed by atoms with E-state index < -0.39 is 0 Å². The molecule has 2 aliphatic rings. The average Bonchev–Trinajstić information content (AvgIpc) is 3.28. The fraction of sp³-hybridized carbons (Fsp3) is 0.368. The molecular weight excluding hydrogens is 320 g/mol. The van der Waals surface area contributed by atoms with Crippen LogP contribution in [0.4, 0.5) is 5.69 Å². The van der Waals surface area contributed by atoms with E-state index in [-0.39, 0.29) is 24.4 Å².